The summed E-state index contributed by atoms with van der Waals surface area (Å²) in [5, 5.41) is -4.92. The Kier molecular flexibility index (Phi) is 2.19. The van der Waals surface area contributed by atoms with E-state index in [1.807, 2.05) is 0 Å². The standard InChI is InChI=1S/C42H26O/c1-2-13-28(14-3-1)30-22-11-24-36-37-25-12-26-38(42(37)43-41(30)36)40-34-20-8-6-18-32(34)39(33-19-7-9-21-35(33)40)31-23-10-16-27-15-4-5-17-29(27)31/h1-26H/i1D,2D,3D,4D,5D,6D,7D,8D,9D,10D,11D,12D,13D,15D,16D,17D,18D,19D,20D,21D,22D,23D,24D,25D,26D. The number of benzene rings is 8. The zero-order chi connectivity index (χ0) is 50.1. The molecule has 0 N–H and O–H groups in total. The van der Waals surface area contributed by atoms with Crippen LogP contribution in [0.25, 0.3) is 87.6 Å². The lowest BCUT2D eigenvalue weighted by molar-refractivity contribution is 0.671. The summed E-state index contributed by atoms with van der Waals surface area (Å²) >= 11 is 0. The fraction of sp³-hybridized carbons (Fsp3) is 0. The Morgan fingerprint density at radius 2 is 0.814 bits per heavy atom. The molecule has 9 rings (SSSR count). The van der Waals surface area contributed by atoms with Crippen molar-refractivity contribution in [1.82, 2.24) is 0 Å². The Labute approximate surface area is 284 Å². The van der Waals surface area contributed by atoms with Crippen LogP contribution in [0.5, 0.6) is 0 Å². The second kappa shape index (κ2) is 9.44. The van der Waals surface area contributed by atoms with Gasteiger partial charge in [-0.15, -0.1) is 0 Å². The predicted molar refractivity (Wildman–Crippen MR) is 183 cm³/mol. The summed E-state index contributed by atoms with van der Waals surface area (Å²) < 4.78 is 229. The SMILES string of the molecule is [2H]c1cc(-c2c([2H])c([2H])c([2H])c3c2oc2c(-c4c5c([2H])c([2H])c([2H])c([2H])c5c(-c5c([2H])c([2H])c([2H])c6c([2H])c([2H])c([2H])c([2H])c56)c5c([2H])c([2H])c([2H])c([2H])c45)c([2H])c([2H])c([2H])c23)c([2H])c([2H])c1[2H]. The number of furan rings is 1. The van der Waals surface area contributed by atoms with Gasteiger partial charge in [0.05, 0.1) is 34.3 Å². The first-order valence-corrected chi connectivity index (χ1v) is 12.7. The fourth-order valence-electron chi connectivity index (χ4n) is 5.35. The monoisotopic (exact) mass is 571 g/mol. The average Bonchev–Trinajstić information content (AvgIpc) is 3.70. The van der Waals surface area contributed by atoms with Gasteiger partial charge in [-0.25, -0.2) is 0 Å². The molecule has 0 bridgehead atoms. The highest BCUT2D eigenvalue weighted by molar-refractivity contribution is 6.26. The van der Waals surface area contributed by atoms with E-state index in [1.165, 1.54) is 0 Å². The van der Waals surface area contributed by atoms with Crippen molar-refractivity contribution in [2.75, 3.05) is 0 Å². The van der Waals surface area contributed by atoms with E-state index in [0.29, 0.717) is 0 Å². The van der Waals surface area contributed by atoms with Gasteiger partial charge in [-0.1, -0.05) is 157 Å². The first-order valence-electron chi connectivity index (χ1n) is 25.2. The number of fused-ring (bicyclic) bond motifs is 6. The van der Waals surface area contributed by atoms with Crippen molar-refractivity contribution in [3.8, 4) is 33.4 Å². The zero-order valence-corrected chi connectivity index (χ0v) is 21.5. The molecule has 0 unspecified atom stereocenters. The van der Waals surface area contributed by atoms with Gasteiger partial charge in [0.15, 0.2) is 0 Å². The van der Waals surface area contributed by atoms with Crippen LogP contribution in [-0.4, -0.2) is 0 Å². The predicted octanol–water partition coefficient (Wildman–Crippen LogP) is 12.0. The normalized spacial score (nSPS) is 19.9. The molecule has 1 aromatic heterocycles. The lowest BCUT2D eigenvalue weighted by Crippen LogP contribution is -1.91. The molecule has 0 atom stereocenters. The number of hydrogen-bond donors (Lipinski definition) is 0. The molecule has 0 saturated heterocycles. The molecule has 0 spiro atoms. The van der Waals surface area contributed by atoms with E-state index >= 15 is 0 Å². The van der Waals surface area contributed by atoms with Gasteiger partial charge in [0, 0.05) is 27.5 Å². The van der Waals surface area contributed by atoms with Crippen LogP contribution in [-0.2, 0) is 0 Å². The highest BCUT2D eigenvalue weighted by Crippen LogP contribution is 2.48. The largest absolute Gasteiger partial charge is 0.455 e. The van der Waals surface area contributed by atoms with Gasteiger partial charge in [0.2, 0.25) is 0 Å². The van der Waals surface area contributed by atoms with E-state index in [1.54, 1.807) is 0 Å². The second-order valence-corrected chi connectivity index (χ2v) is 9.34. The highest BCUT2D eigenvalue weighted by Gasteiger charge is 2.21. The van der Waals surface area contributed by atoms with Gasteiger partial charge in [-0.3, -0.25) is 0 Å². The van der Waals surface area contributed by atoms with Crippen molar-refractivity contribution >= 4 is 54.3 Å². The topological polar surface area (TPSA) is 13.1 Å². The maximum Gasteiger partial charge on any atom is 0.143 e. The van der Waals surface area contributed by atoms with Crippen molar-refractivity contribution in [3.05, 3.63) is 157 Å². The first-order chi connectivity index (χ1) is 31.7. The molecular weight excluding hydrogens is 520 g/mol. The van der Waals surface area contributed by atoms with E-state index in [-0.39, 0.29) is 0 Å². The van der Waals surface area contributed by atoms with Crippen LogP contribution >= 0.6 is 0 Å². The average molecular weight is 572 g/mol. The van der Waals surface area contributed by atoms with Crippen LogP contribution in [0.2, 0.25) is 0 Å². The van der Waals surface area contributed by atoms with Gasteiger partial charge in [0.1, 0.15) is 11.2 Å². The molecule has 0 amide bonds. The maximum atomic E-state index is 9.46. The molecule has 0 fully saturated rings. The molecule has 0 aliphatic heterocycles. The molecular formula is C42H26O. The summed E-state index contributed by atoms with van der Waals surface area (Å²) in [6.07, 6.45) is 0. The van der Waals surface area contributed by atoms with Crippen molar-refractivity contribution in [2.45, 2.75) is 0 Å². The van der Waals surface area contributed by atoms with E-state index in [9.17, 15) is 8.22 Å². The number of hydrogen-bond acceptors (Lipinski definition) is 1. The molecule has 0 aliphatic carbocycles. The maximum absolute atomic E-state index is 9.46. The van der Waals surface area contributed by atoms with Gasteiger partial charge < -0.3 is 4.42 Å². The molecule has 8 aromatic carbocycles. The van der Waals surface area contributed by atoms with Crippen molar-refractivity contribution < 1.29 is 38.7 Å². The number of para-hydroxylation sites is 2. The Balaban J connectivity index is 1.66. The molecule has 200 valence electrons. The Bertz CT molecular complexity index is 3820. The Morgan fingerprint density at radius 1 is 0.349 bits per heavy atom. The van der Waals surface area contributed by atoms with E-state index in [4.69, 9.17) is 30.5 Å². The fourth-order valence-corrected chi connectivity index (χ4v) is 5.35. The summed E-state index contributed by atoms with van der Waals surface area (Å²) in [5.74, 6) is 0. The van der Waals surface area contributed by atoms with Crippen molar-refractivity contribution in [3.63, 3.8) is 0 Å². The molecule has 1 heterocycles. The Hall–Kier alpha value is -5.66. The molecule has 1 nitrogen and oxygen atoms in total. The van der Waals surface area contributed by atoms with Gasteiger partial charge in [-0.05, 0) is 49.0 Å². The van der Waals surface area contributed by atoms with Crippen molar-refractivity contribution in [2.24, 2.45) is 0 Å². The van der Waals surface area contributed by atoms with Crippen LogP contribution < -0.4 is 0 Å². The van der Waals surface area contributed by atoms with E-state index < -0.39 is 239 Å². The van der Waals surface area contributed by atoms with Gasteiger partial charge in [-0.2, -0.15) is 0 Å². The second-order valence-electron chi connectivity index (χ2n) is 9.34. The molecule has 9 aromatic rings. The van der Waals surface area contributed by atoms with Crippen LogP contribution in [0.15, 0.2) is 162 Å². The minimum atomic E-state index is -0.960. The molecule has 0 radical (unpaired) electrons. The summed E-state index contributed by atoms with van der Waals surface area (Å²) in [6, 6.07) is -20.6. The minimum absolute atomic E-state index is 0.392. The summed E-state index contributed by atoms with van der Waals surface area (Å²) in [6.45, 7) is 0. The van der Waals surface area contributed by atoms with Crippen LogP contribution in [0.4, 0.5) is 0 Å². The smallest absolute Gasteiger partial charge is 0.143 e. The summed E-state index contributed by atoms with van der Waals surface area (Å²) in [7, 11) is 0. The van der Waals surface area contributed by atoms with E-state index in [0.717, 1.165) is 6.07 Å². The zero-order valence-electron chi connectivity index (χ0n) is 46.5. The minimum Gasteiger partial charge on any atom is -0.455 e. The summed E-state index contributed by atoms with van der Waals surface area (Å²) in [5.41, 5.74) is -4.78. The van der Waals surface area contributed by atoms with Crippen LogP contribution in [0, 0.1) is 0 Å². The van der Waals surface area contributed by atoms with Gasteiger partial charge in [0.25, 0.3) is 0 Å². The first kappa shape index (κ1) is 9.97. The highest BCUT2D eigenvalue weighted by atomic mass is 16.3. The Morgan fingerprint density at radius 3 is 1.51 bits per heavy atom. The molecule has 0 saturated carbocycles. The van der Waals surface area contributed by atoms with Crippen LogP contribution in [0.1, 0.15) is 34.3 Å². The lowest BCUT2D eigenvalue weighted by Gasteiger charge is -2.18. The third-order valence-corrected chi connectivity index (χ3v) is 7.12. The summed E-state index contributed by atoms with van der Waals surface area (Å²) in [4.78, 5) is 0. The van der Waals surface area contributed by atoms with Crippen molar-refractivity contribution in [1.29, 1.82) is 0 Å². The van der Waals surface area contributed by atoms with Gasteiger partial charge >= 0.3 is 0 Å². The number of rotatable bonds is 3. The third kappa shape index (κ3) is 3.58. The van der Waals surface area contributed by atoms with Crippen LogP contribution in [0.3, 0.4) is 0 Å². The quantitative estimate of drug-likeness (QED) is 0.192. The molecule has 43 heavy (non-hydrogen) atoms. The third-order valence-electron chi connectivity index (χ3n) is 7.12. The lowest BCUT2D eigenvalue weighted by atomic mass is 9.84. The molecule has 1 heteroatoms. The van der Waals surface area contributed by atoms with E-state index in [2.05, 4.69) is 0 Å². The molecule has 0 aliphatic rings.